The first kappa shape index (κ1) is 13.4. The van der Waals surface area contributed by atoms with E-state index in [0.29, 0.717) is 6.73 Å². The largest absolute Gasteiger partial charge is 0.478 e. The zero-order valence-electron chi connectivity index (χ0n) is 9.65. The number of nitrogens with one attached hydrogen (secondary N) is 1. The Morgan fingerprint density at radius 3 is 3.00 bits per heavy atom. The van der Waals surface area contributed by atoms with Crippen molar-refractivity contribution in [1.29, 1.82) is 0 Å². The lowest BCUT2D eigenvalue weighted by molar-refractivity contribution is 0.287. The summed E-state index contributed by atoms with van der Waals surface area (Å²) in [4.78, 5) is 0. The second-order valence-electron chi connectivity index (χ2n) is 3.84. The van der Waals surface area contributed by atoms with E-state index in [1.54, 1.807) is 0 Å². The van der Waals surface area contributed by atoms with Crippen molar-refractivity contribution in [2.75, 3.05) is 19.0 Å². The van der Waals surface area contributed by atoms with E-state index < -0.39 is 0 Å². The third-order valence-corrected chi connectivity index (χ3v) is 2.31. The van der Waals surface area contributed by atoms with E-state index in [-0.39, 0.29) is 6.04 Å². The Labute approximate surface area is 103 Å². The maximum Gasteiger partial charge on any atom is 0.139 e. The fourth-order valence-electron chi connectivity index (χ4n) is 1.42. The molecular weight excluding hydrogens is 220 g/mol. The normalized spacial score (nSPS) is 12.4. The average molecular weight is 240 g/mol. The zero-order chi connectivity index (χ0) is 11.8. The van der Waals surface area contributed by atoms with E-state index in [1.165, 1.54) is 5.56 Å². The van der Waals surface area contributed by atoms with Crippen LogP contribution in [0.15, 0.2) is 24.3 Å². The molecule has 3 N–H and O–H groups in total. The molecule has 0 aliphatic carbocycles. The highest BCUT2D eigenvalue weighted by molar-refractivity contribution is 7.80. The number of rotatable bonds is 7. The SMILES string of the molecule is CC(N)Cc1cccc(OCNCCS)c1. The lowest BCUT2D eigenvalue weighted by Crippen LogP contribution is -2.22. The van der Waals surface area contributed by atoms with Crippen LogP contribution in [0.4, 0.5) is 0 Å². The maximum absolute atomic E-state index is 5.75. The van der Waals surface area contributed by atoms with Crippen LogP contribution in [0.3, 0.4) is 0 Å². The minimum atomic E-state index is 0.178. The van der Waals surface area contributed by atoms with Crippen molar-refractivity contribution in [3.05, 3.63) is 29.8 Å². The first-order valence-electron chi connectivity index (χ1n) is 5.51. The van der Waals surface area contributed by atoms with Gasteiger partial charge in [0, 0.05) is 18.3 Å². The third-order valence-electron chi connectivity index (χ3n) is 2.09. The van der Waals surface area contributed by atoms with Gasteiger partial charge in [0.2, 0.25) is 0 Å². The van der Waals surface area contributed by atoms with Crippen LogP contribution in [0, 0.1) is 0 Å². The highest BCUT2D eigenvalue weighted by Crippen LogP contribution is 2.13. The molecular formula is C12H20N2OS. The first-order chi connectivity index (χ1) is 7.72. The number of hydrogen-bond acceptors (Lipinski definition) is 4. The molecule has 1 atom stereocenters. The molecule has 1 aromatic carbocycles. The Kier molecular flexibility index (Phi) is 6.30. The van der Waals surface area contributed by atoms with Crippen LogP contribution < -0.4 is 15.8 Å². The number of nitrogens with two attached hydrogens (primary N) is 1. The van der Waals surface area contributed by atoms with Gasteiger partial charge in [0.25, 0.3) is 0 Å². The van der Waals surface area contributed by atoms with Crippen molar-refractivity contribution in [2.24, 2.45) is 5.73 Å². The van der Waals surface area contributed by atoms with Crippen LogP contribution in [-0.4, -0.2) is 25.1 Å². The number of benzene rings is 1. The van der Waals surface area contributed by atoms with Gasteiger partial charge in [0.05, 0.1) is 0 Å². The highest BCUT2D eigenvalue weighted by atomic mass is 32.1. The van der Waals surface area contributed by atoms with Crippen molar-refractivity contribution < 1.29 is 4.74 Å². The fraction of sp³-hybridized carbons (Fsp3) is 0.500. The fourth-order valence-corrected chi connectivity index (χ4v) is 1.58. The van der Waals surface area contributed by atoms with Gasteiger partial charge in [-0.05, 0) is 31.0 Å². The molecule has 0 saturated carbocycles. The molecule has 1 rings (SSSR count). The molecule has 90 valence electrons. The molecule has 0 radical (unpaired) electrons. The summed E-state index contributed by atoms with van der Waals surface area (Å²) < 4.78 is 5.54. The van der Waals surface area contributed by atoms with E-state index in [2.05, 4.69) is 24.0 Å². The molecule has 0 amide bonds. The summed E-state index contributed by atoms with van der Waals surface area (Å²) >= 11 is 4.10. The van der Waals surface area contributed by atoms with Crippen molar-refractivity contribution in [3.63, 3.8) is 0 Å². The second-order valence-corrected chi connectivity index (χ2v) is 4.29. The van der Waals surface area contributed by atoms with Gasteiger partial charge in [-0.1, -0.05) is 12.1 Å². The molecule has 0 bridgehead atoms. The summed E-state index contributed by atoms with van der Waals surface area (Å²) in [6.45, 7) is 3.37. The van der Waals surface area contributed by atoms with Crippen molar-refractivity contribution in [2.45, 2.75) is 19.4 Å². The van der Waals surface area contributed by atoms with Gasteiger partial charge in [-0.2, -0.15) is 12.6 Å². The number of thiol groups is 1. The van der Waals surface area contributed by atoms with Crippen LogP contribution in [0.25, 0.3) is 0 Å². The van der Waals surface area contributed by atoms with Crippen molar-refractivity contribution in [1.82, 2.24) is 5.32 Å². The van der Waals surface area contributed by atoms with Gasteiger partial charge in [0.1, 0.15) is 12.5 Å². The van der Waals surface area contributed by atoms with E-state index in [9.17, 15) is 0 Å². The Balaban J connectivity index is 2.41. The summed E-state index contributed by atoms with van der Waals surface area (Å²) in [5.74, 6) is 1.69. The molecule has 0 saturated heterocycles. The molecule has 0 heterocycles. The van der Waals surface area contributed by atoms with Gasteiger partial charge in [-0.3, -0.25) is 5.32 Å². The van der Waals surface area contributed by atoms with Gasteiger partial charge < -0.3 is 10.5 Å². The summed E-state index contributed by atoms with van der Waals surface area (Å²) in [6, 6.07) is 8.22. The maximum atomic E-state index is 5.75. The van der Waals surface area contributed by atoms with Crippen LogP contribution in [0.2, 0.25) is 0 Å². The number of hydrogen-bond donors (Lipinski definition) is 3. The summed E-state index contributed by atoms with van der Waals surface area (Å²) in [5, 5.41) is 3.12. The summed E-state index contributed by atoms with van der Waals surface area (Å²) in [5.41, 5.74) is 6.96. The molecule has 0 fully saturated rings. The molecule has 1 unspecified atom stereocenters. The first-order valence-corrected chi connectivity index (χ1v) is 6.14. The van der Waals surface area contributed by atoms with Gasteiger partial charge in [-0.25, -0.2) is 0 Å². The van der Waals surface area contributed by atoms with Crippen LogP contribution in [0.1, 0.15) is 12.5 Å². The predicted molar refractivity (Wildman–Crippen MR) is 71.1 cm³/mol. The van der Waals surface area contributed by atoms with Gasteiger partial charge >= 0.3 is 0 Å². The van der Waals surface area contributed by atoms with E-state index in [0.717, 1.165) is 24.5 Å². The Bertz CT molecular complexity index is 305. The van der Waals surface area contributed by atoms with Crippen LogP contribution >= 0.6 is 12.6 Å². The van der Waals surface area contributed by atoms with Crippen LogP contribution in [-0.2, 0) is 6.42 Å². The van der Waals surface area contributed by atoms with E-state index in [4.69, 9.17) is 10.5 Å². The molecule has 3 nitrogen and oxygen atoms in total. The highest BCUT2D eigenvalue weighted by Gasteiger charge is 1.99. The van der Waals surface area contributed by atoms with Crippen LogP contribution in [0.5, 0.6) is 5.75 Å². The smallest absolute Gasteiger partial charge is 0.139 e. The lowest BCUT2D eigenvalue weighted by Gasteiger charge is -2.09. The third kappa shape index (κ3) is 5.39. The quantitative estimate of drug-likeness (QED) is 0.384. The van der Waals surface area contributed by atoms with Crippen molar-refractivity contribution >= 4 is 12.6 Å². The molecule has 1 aromatic rings. The average Bonchev–Trinajstić information content (AvgIpc) is 2.24. The Hall–Kier alpha value is -0.710. The minimum Gasteiger partial charge on any atom is -0.478 e. The molecule has 0 aliphatic heterocycles. The Morgan fingerprint density at radius 1 is 1.50 bits per heavy atom. The second kappa shape index (κ2) is 7.54. The van der Waals surface area contributed by atoms with Gasteiger partial charge in [-0.15, -0.1) is 0 Å². The lowest BCUT2D eigenvalue weighted by atomic mass is 10.1. The molecule has 16 heavy (non-hydrogen) atoms. The predicted octanol–water partition coefficient (Wildman–Crippen LogP) is 1.43. The summed E-state index contributed by atoms with van der Waals surface area (Å²) in [6.07, 6.45) is 0.876. The Morgan fingerprint density at radius 2 is 2.31 bits per heavy atom. The zero-order valence-corrected chi connectivity index (χ0v) is 10.5. The van der Waals surface area contributed by atoms with E-state index in [1.807, 2.05) is 25.1 Å². The monoisotopic (exact) mass is 240 g/mol. The van der Waals surface area contributed by atoms with Gasteiger partial charge in [0.15, 0.2) is 0 Å². The number of ether oxygens (including phenoxy) is 1. The van der Waals surface area contributed by atoms with E-state index >= 15 is 0 Å². The molecule has 0 aromatic heterocycles. The van der Waals surface area contributed by atoms with Crippen molar-refractivity contribution in [3.8, 4) is 5.75 Å². The topological polar surface area (TPSA) is 47.3 Å². The molecule has 0 aliphatic rings. The minimum absolute atomic E-state index is 0.178. The molecule has 4 heteroatoms. The molecule has 0 spiro atoms. The standard InChI is InChI=1S/C12H20N2OS/c1-10(13)7-11-3-2-4-12(8-11)15-9-14-5-6-16/h2-4,8,10,14,16H,5-7,9,13H2,1H3. The summed E-state index contributed by atoms with van der Waals surface area (Å²) in [7, 11) is 0.